The first-order valence-electron chi connectivity index (χ1n) is 10.4. The number of imide groups is 1. The zero-order chi connectivity index (χ0) is 20.6. The molecule has 29 heavy (non-hydrogen) atoms. The third-order valence-electron chi connectivity index (χ3n) is 6.42. The van der Waals surface area contributed by atoms with Crippen molar-refractivity contribution >= 4 is 33.2 Å². The lowest BCUT2D eigenvalue weighted by Gasteiger charge is -2.19. The number of anilines is 1. The van der Waals surface area contributed by atoms with Crippen LogP contribution in [0.2, 0.25) is 0 Å². The lowest BCUT2D eigenvalue weighted by Crippen LogP contribution is -2.38. The Morgan fingerprint density at radius 3 is 2.17 bits per heavy atom. The highest BCUT2D eigenvalue weighted by Gasteiger charge is 2.48. The molecule has 0 aromatic heterocycles. The highest BCUT2D eigenvalue weighted by molar-refractivity contribution is 7.92. The van der Waals surface area contributed by atoms with Crippen LogP contribution in [-0.2, 0) is 24.2 Å². The van der Waals surface area contributed by atoms with Gasteiger partial charge in [0.25, 0.3) is 0 Å². The Kier molecular flexibility index (Phi) is 5.46. The summed E-state index contributed by atoms with van der Waals surface area (Å²) in [6.45, 7) is -0.329. The van der Waals surface area contributed by atoms with Crippen LogP contribution in [0.15, 0.2) is 29.2 Å². The predicted octanol–water partition coefficient (Wildman–Crippen LogP) is 2.52. The zero-order valence-electron chi connectivity index (χ0n) is 16.3. The monoisotopic (exact) mass is 418 g/mol. The number of nitrogens with zero attached hydrogens (tertiary/aromatic N) is 1. The van der Waals surface area contributed by atoms with Crippen molar-refractivity contribution in [2.24, 2.45) is 11.8 Å². The summed E-state index contributed by atoms with van der Waals surface area (Å²) >= 11 is 0. The summed E-state index contributed by atoms with van der Waals surface area (Å²) in [5, 5.41) is 2.28. The maximum absolute atomic E-state index is 12.8. The fourth-order valence-electron chi connectivity index (χ4n) is 4.87. The molecule has 8 heteroatoms. The van der Waals surface area contributed by atoms with Crippen molar-refractivity contribution in [3.63, 3.8) is 0 Å². The highest BCUT2D eigenvalue weighted by Crippen LogP contribution is 2.38. The Morgan fingerprint density at radius 2 is 1.55 bits per heavy atom. The zero-order valence-corrected chi connectivity index (χ0v) is 17.1. The van der Waals surface area contributed by atoms with E-state index in [0.29, 0.717) is 31.4 Å². The van der Waals surface area contributed by atoms with E-state index < -0.39 is 15.7 Å². The lowest BCUT2D eigenvalue weighted by atomic mass is 9.81. The van der Waals surface area contributed by atoms with E-state index >= 15 is 0 Å². The number of hydrogen-bond donors (Lipinski definition) is 1. The molecule has 1 saturated heterocycles. The van der Waals surface area contributed by atoms with Crippen molar-refractivity contribution < 1.29 is 22.8 Å². The predicted molar refractivity (Wildman–Crippen MR) is 107 cm³/mol. The third-order valence-corrected chi connectivity index (χ3v) is 8.68. The first kappa shape index (κ1) is 20.1. The molecule has 1 N–H and O–H groups in total. The summed E-state index contributed by atoms with van der Waals surface area (Å²) in [5.74, 6) is -1.59. The van der Waals surface area contributed by atoms with Crippen molar-refractivity contribution in [1.82, 2.24) is 4.90 Å². The van der Waals surface area contributed by atoms with Gasteiger partial charge in [0, 0.05) is 5.69 Å². The molecule has 0 radical (unpaired) electrons. The number of hydrogen-bond acceptors (Lipinski definition) is 5. The fraction of sp³-hybridized carbons (Fsp3) is 0.571. The number of amides is 3. The van der Waals surface area contributed by atoms with Crippen LogP contribution in [0, 0.1) is 11.8 Å². The Labute approximate surface area is 170 Å². The second-order valence-electron chi connectivity index (χ2n) is 8.29. The van der Waals surface area contributed by atoms with Crippen molar-refractivity contribution in [2.45, 2.75) is 61.5 Å². The van der Waals surface area contributed by atoms with Gasteiger partial charge in [0.15, 0.2) is 9.84 Å². The van der Waals surface area contributed by atoms with Gasteiger partial charge >= 0.3 is 0 Å². The number of rotatable bonds is 5. The van der Waals surface area contributed by atoms with E-state index in [1.807, 2.05) is 0 Å². The quantitative estimate of drug-likeness (QED) is 0.741. The lowest BCUT2D eigenvalue weighted by molar-refractivity contribution is -0.142. The molecule has 1 aromatic carbocycles. The molecule has 156 valence electrons. The third kappa shape index (κ3) is 3.82. The second-order valence-corrected chi connectivity index (χ2v) is 10.5. The Bertz CT molecular complexity index is 912. The molecule has 2 atom stereocenters. The van der Waals surface area contributed by atoms with E-state index in [4.69, 9.17) is 0 Å². The summed E-state index contributed by atoms with van der Waals surface area (Å²) < 4.78 is 25.5. The number of likely N-dealkylation sites (tertiary alicyclic amines) is 1. The van der Waals surface area contributed by atoms with Crippen LogP contribution in [0.3, 0.4) is 0 Å². The number of fused-ring (bicyclic) bond motifs is 1. The second kappa shape index (κ2) is 7.89. The van der Waals surface area contributed by atoms with E-state index in [9.17, 15) is 22.8 Å². The number of sulfone groups is 1. The largest absolute Gasteiger partial charge is 0.324 e. The molecule has 2 saturated carbocycles. The van der Waals surface area contributed by atoms with Crippen LogP contribution in [0.25, 0.3) is 0 Å². The van der Waals surface area contributed by atoms with Gasteiger partial charge in [0.05, 0.1) is 22.0 Å². The number of nitrogens with one attached hydrogen (secondary N) is 1. The standard InChI is InChI=1S/C21H26N2O5S/c24-19(13-23-20(25)17-10-3-4-11-18(17)21(23)26)22-14-6-5-9-16(12-14)29(27,28)15-7-1-2-8-15/h5-6,9,12,15,17-18H,1-4,7-8,10-11,13H2,(H,22,24)/t17-,18-/m1/s1. The summed E-state index contributed by atoms with van der Waals surface area (Å²) in [5.41, 5.74) is 0.352. The molecule has 1 heterocycles. The van der Waals surface area contributed by atoms with E-state index in [1.54, 1.807) is 18.2 Å². The van der Waals surface area contributed by atoms with Crippen molar-refractivity contribution in [1.29, 1.82) is 0 Å². The number of carbonyl (C=O) groups excluding carboxylic acids is 3. The van der Waals surface area contributed by atoms with Gasteiger partial charge in [-0.05, 0) is 43.9 Å². The van der Waals surface area contributed by atoms with Crippen LogP contribution in [0.5, 0.6) is 0 Å². The Morgan fingerprint density at radius 1 is 0.966 bits per heavy atom. The normalized spacial score (nSPS) is 25.3. The SMILES string of the molecule is O=C(CN1C(=O)[C@@H]2CCCC[C@H]2C1=O)Nc1cccc(S(=O)(=O)C2CCCC2)c1. The minimum atomic E-state index is -3.42. The van der Waals surface area contributed by atoms with E-state index in [2.05, 4.69) is 5.32 Å². The highest BCUT2D eigenvalue weighted by atomic mass is 32.2. The molecule has 2 aliphatic carbocycles. The summed E-state index contributed by atoms with van der Waals surface area (Å²) in [7, 11) is -3.42. The molecule has 3 fully saturated rings. The molecule has 0 bridgehead atoms. The summed E-state index contributed by atoms with van der Waals surface area (Å²) in [4.78, 5) is 38.8. The van der Waals surface area contributed by atoms with Gasteiger partial charge in [-0.15, -0.1) is 0 Å². The van der Waals surface area contributed by atoms with Gasteiger partial charge < -0.3 is 5.32 Å². The van der Waals surface area contributed by atoms with Gasteiger partial charge in [0.2, 0.25) is 17.7 Å². The number of carbonyl (C=O) groups is 3. The number of benzene rings is 1. The molecule has 4 rings (SSSR count). The molecule has 3 aliphatic rings. The minimum absolute atomic E-state index is 0.196. The maximum Gasteiger partial charge on any atom is 0.244 e. The summed E-state index contributed by atoms with van der Waals surface area (Å²) in [6, 6.07) is 6.21. The van der Waals surface area contributed by atoms with Crippen LogP contribution >= 0.6 is 0 Å². The average Bonchev–Trinajstić information content (AvgIpc) is 3.33. The molecule has 3 amide bonds. The van der Waals surface area contributed by atoms with Crippen molar-refractivity contribution in [2.75, 3.05) is 11.9 Å². The van der Waals surface area contributed by atoms with E-state index in [1.165, 1.54) is 6.07 Å². The average molecular weight is 419 g/mol. The first-order chi connectivity index (χ1) is 13.9. The molecule has 0 unspecified atom stereocenters. The van der Waals surface area contributed by atoms with Gasteiger partial charge in [0.1, 0.15) is 6.54 Å². The Balaban J connectivity index is 1.44. The van der Waals surface area contributed by atoms with Gasteiger partial charge in [-0.3, -0.25) is 19.3 Å². The van der Waals surface area contributed by atoms with Crippen LogP contribution < -0.4 is 5.32 Å². The minimum Gasteiger partial charge on any atom is -0.324 e. The Hall–Kier alpha value is -2.22. The molecule has 1 aromatic rings. The molecule has 1 aliphatic heterocycles. The molecular weight excluding hydrogens is 392 g/mol. The first-order valence-corrected chi connectivity index (χ1v) is 11.9. The summed E-state index contributed by atoms with van der Waals surface area (Å²) in [6.07, 6.45) is 6.44. The van der Waals surface area contributed by atoms with Crippen LogP contribution in [0.4, 0.5) is 5.69 Å². The van der Waals surface area contributed by atoms with Crippen molar-refractivity contribution in [3.8, 4) is 0 Å². The van der Waals surface area contributed by atoms with Crippen molar-refractivity contribution in [3.05, 3.63) is 24.3 Å². The fourth-order valence-corrected chi connectivity index (χ4v) is 6.77. The smallest absolute Gasteiger partial charge is 0.244 e. The van der Waals surface area contributed by atoms with Gasteiger partial charge in [-0.2, -0.15) is 0 Å². The van der Waals surface area contributed by atoms with Crippen LogP contribution in [0.1, 0.15) is 51.4 Å². The van der Waals surface area contributed by atoms with E-state index in [0.717, 1.165) is 30.6 Å². The van der Waals surface area contributed by atoms with E-state index in [-0.39, 0.29) is 40.3 Å². The van der Waals surface area contributed by atoms with Crippen LogP contribution in [-0.4, -0.2) is 42.8 Å². The molecule has 7 nitrogen and oxygen atoms in total. The molecule has 0 spiro atoms. The maximum atomic E-state index is 12.8. The molecular formula is C21H26N2O5S. The van der Waals surface area contributed by atoms with Gasteiger partial charge in [-0.25, -0.2) is 8.42 Å². The topological polar surface area (TPSA) is 101 Å². The van der Waals surface area contributed by atoms with Gasteiger partial charge in [-0.1, -0.05) is 31.7 Å².